The fraction of sp³-hybridized carbons (Fsp3) is 0.471. The van der Waals surface area contributed by atoms with Crippen molar-refractivity contribution in [2.75, 3.05) is 39.6 Å². The third-order valence-electron chi connectivity index (χ3n) is 21.5. The molecule has 660 valence electrons. The summed E-state index contributed by atoms with van der Waals surface area (Å²) in [5.74, 6) is -2.79. The minimum atomic E-state index is -0.881. The van der Waals surface area contributed by atoms with Gasteiger partial charge in [-0.05, 0) is 184 Å². The van der Waals surface area contributed by atoms with Gasteiger partial charge in [-0.3, -0.25) is 0 Å². The van der Waals surface area contributed by atoms with Crippen molar-refractivity contribution in [3.63, 3.8) is 0 Å². The summed E-state index contributed by atoms with van der Waals surface area (Å²) in [6.07, 6.45) is 38.9. The van der Waals surface area contributed by atoms with Crippen molar-refractivity contribution in [3.05, 3.63) is 179 Å². The number of fused-ring (bicyclic) bond motifs is 6. The number of rotatable bonds is 60. The van der Waals surface area contributed by atoms with E-state index in [0.717, 1.165) is 227 Å². The number of hydrogen-bond donors (Lipinski definition) is 0. The highest BCUT2D eigenvalue weighted by atomic mass is 32.1. The van der Waals surface area contributed by atoms with E-state index in [-0.39, 0.29) is 96.1 Å². The third kappa shape index (κ3) is 30.2. The van der Waals surface area contributed by atoms with Crippen LogP contribution in [0.1, 0.15) is 335 Å². The summed E-state index contributed by atoms with van der Waals surface area (Å²) < 4.78 is 77.1. The van der Waals surface area contributed by atoms with Crippen LogP contribution in [-0.4, -0.2) is 75.5 Å². The quantitative estimate of drug-likeness (QED) is 0.0256. The van der Waals surface area contributed by atoms with Crippen LogP contribution in [0.15, 0.2) is 146 Å². The van der Waals surface area contributed by atoms with Crippen LogP contribution in [0.5, 0.6) is 66.9 Å². The van der Waals surface area contributed by atoms with Crippen molar-refractivity contribution in [1.29, 1.82) is 0 Å². The highest BCUT2D eigenvalue weighted by molar-refractivity contribution is 7.29. The molecule has 0 bridgehead atoms. The SMILES string of the molecule is CCCCCCCCOc1ccc(C(=O)Oc2sc3c(c2OC(=O)c2ccc(OCCCCCCCC)cc2)c2sc(OC(=O)c4ccc(OCCCCCCCC)cc4)c(OC(=O)c4ccc(OCCCCCCCC)cc4)c2c2sc(OC(=O)c4ccc(OCCCCCCCC)cc4)c(OC(=O)c4ccc(OCCCCCCCC)cc4)c32)cc1. The molecule has 0 unspecified atom stereocenters. The molecule has 10 aromatic rings. The van der Waals surface area contributed by atoms with Crippen LogP contribution < -0.4 is 56.8 Å². The number of esters is 6. The summed E-state index contributed by atoms with van der Waals surface area (Å²) in [6.45, 7) is 16.0. The van der Waals surface area contributed by atoms with Gasteiger partial charge < -0.3 is 56.8 Å². The number of hydrogen-bond acceptors (Lipinski definition) is 21. The summed E-state index contributed by atoms with van der Waals surface area (Å²) in [7, 11) is 0. The van der Waals surface area contributed by atoms with Gasteiger partial charge in [-0.1, -0.05) is 268 Å². The van der Waals surface area contributed by atoms with E-state index in [4.69, 9.17) is 56.8 Å². The van der Waals surface area contributed by atoms with E-state index in [0.29, 0.717) is 74.1 Å². The Labute approximate surface area is 739 Å². The predicted octanol–water partition coefficient (Wildman–Crippen LogP) is 29.1. The van der Waals surface area contributed by atoms with Crippen molar-refractivity contribution in [3.8, 4) is 66.9 Å². The molecule has 0 atom stereocenters. The van der Waals surface area contributed by atoms with E-state index >= 15 is 28.8 Å². The van der Waals surface area contributed by atoms with Crippen molar-refractivity contribution < 1.29 is 85.6 Å². The van der Waals surface area contributed by atoms with Gasteiger partial charge in [0.05, 0.1) is 103 Å². The van der Waals surface area contributed by atoms with E-state index < -0.39 is 35.8 Å². The molecule has 0 saturated heterocycles. The lowest BCUT2D eigenvalue weighted by Gasteiger charge is -2.11. The minimum absolute atomic E-state index is 0.0655. The normalized spacial score (nSPS) is 11.3. The molecule has 7 aromatic carbocycles. The summed E-state index contributed by atoms with van der Waals surface area (Å²) >= 11 is 2.63. The second-order valence-corrected chi connectivity index (χ2v) is 34.4. The average molecular weight is 1740 g/mol. The van der Waals surface area contributed by atoms with Gasteiger partial charge in [0.25, 0.3) is 0 Å². The zero-order valence-electron chi connectivity index (χ0n) is 73.1. The van der Waals surface area contributed by atoms with Gasteiger partial charge in [0.15, 0.2) is 17.2 Å². The second-order valence-electron chi connectivity index (χ2n) is 31.4. The Morgan fingerprint density at radius 3 is 0.504 bits per heavy atom. The van der Waals surface area contributed by atoms with Crippen LogP contribution in [0.3, 0.4) is 0 Å². The molecule has 21 heteroatoms. The topological polar surface area (TPSA) is 213 Å². The smallest absolute Gasteiger partial charge is 0.344 e. The molecular weight excluding hydrogens is 1610 g/mol. The zero-order valence-corrected chi connectivity index (χ0v) is 75.6. The maximum atomic E-state index is 15.3. The maximum Gasteiger partial charge on any atom is 0.344 e. The summed E-state index contributed by atoms with van der Waals surface area (Å²) in [5, 5.41) is -0.512. The molecule has 0 aliphatic heterocycles. The molecule has 0 N–H and O–H groups in total. The van der Waals surface area contributed by atoms with Gasteiger partial charge in [-0.2, -0.15) is 0 Å². The first-order valence-corrected chi connectivity index (χ1v) is 48.0. The van der Waals surface area contributed by atoms with Gasteiger partial charge in [0.2, 0.25) is 15.2 Å². The van der Waals surface area contributed by atoms with Crippen LogP contribution in [0.25, 0.3) is 30.3 Å². The van der Waals surface area contributed by atoms with E-state index in [1.165, 1.54) is 38.5 Å². The van der Waals surface area contributed by atoms with Crippen molar-refractivity contribution >= 4 is 100 Å². The monoisotopic (exact) mass is 1730 g/mol. The Bertz CT molecular complexity index is 4340. The van der Waals surface area contributed by atoms with Gasteiger partial charge in [-0.25, -0.2) is 28.8 Å². The first-order chi connectivity index (χ1) is 60.3. The number of thiophene rings is 3. The van der Waals surface area contributed by atoms with Gasteiger partial charge in [0.1, 0.15) is 34.5 Å². The van der Waals surface area contributed by atoms with Crippen molar-refractivity contribution in [2.24, 2.45) is 0 Å². The Hall–Kier alpha value is -9.96. The number of carbonyl (C=O) groups excluding carboxylic acids is 6. The fourth-order valence-electron chi connectivity index (χ4n) is 14.3. The molecule has 0 aliphatic rings. The number of ether oxygens (including phenoxy) is 12. The maximum absolute atomic E-state index is 15.3. The van der Waals surface area contributed by atoms with Crippen molar-refractivity contribution in [2.45, 2.75) is 273 Å². The Balaban J connectivity index is 1.15. The van der Waals surface area contributed by atoms with Crippen LogP contribution >= 0.6 is 34.0 Å². The molecule has 3 aromatic heterocycles. The van der Waals surface area contributed by atoms with E-state index in [1.54, 1.807) is 146 Å². The molecular formula is C102H126O18S3. The summed E-state index contributed by atoms with van der Waals surface area (Å²) in [4.78, 5) is 91.3. The molecule has 0 radical (unpaired) electrons. The molecule has 18 nitrogen and oxygen atoms in total. The molecule has 10 rings (SSSR count). The molecule has 0 aliphatic carbocycles. The van der Waals surface area contributed by atoms with Crippen molar-refractivity contribution in [1.82, 2.24) is 0 Å². The third-order valence-corrected chi connectivity index (χ3v) is 24.7. The number of carbonyl (C=O) groups is 6. The molecule has 0 saturated carbocycles. The van der Waals surface area contributed by atoms with Gasteiger partial charge in [0, 0.05) is 0 Å². The minimum Gasteiger partial charge on any atom is -0.494 e. The van der Waals surface area contributed by atoms with Crippen LogP contribution in [0.4, 0.5) is 0 Å². The van der Waals surface area contributed by atoms with Gasteiger partial charge in [-0.15, -0.1) is 0 Å². The highest BCUT2D eigenvalue weighted by Crippen LogP contribution is 2.62. The molecule has 0 amide bonds. The second kappa shape index (κ2) is 53.3. The summed E-state index contributed by atoms with van der Waals surface area (Å²) in [5.41, 5.74) is 0.637. The molecule has 0 spiro atoms. The molecule has 123 heavy (non-hydrogen) atoms. The van der Waals surface area contributed by atoms with E-state index in [1.807, 2.05) is 0 Å². The highest BCUT2D eigenvalue weighted by Gasteiger charge is 2.36. The lowest BCUT2D eigenvalue weighted by atomic mass is 10.1. The van der Waals surface area contributed by atoms with E-state index in [2.05, 4.69) is 41.5 Å². The standard InChI is InChI=1S/C102H126O18S3/c1-7-13-19-25-31-37-67-109-79-55-43-73(44-56-79)94(103)115-88-85-91(121-100(88)118-97(106)76-49-61-82(62-50-76)112-70-40-34-28-22-16-10-4)86-89(116-95(104)74-45-57-80(58-46-74)110-68-38-32-26-20-14-8-2)102(120-99(108)78-53-65-84(66-54-78)114-72-42-36-30-24-18-12-6)123-93(86)87-90(117-96(105)75-47-59-81(60-48-75)111-69-39-33-27-21-15-9-3)101(122-92(85)87)119-98(107)77-51-63-83(64-52-77)113-71-41-35-29-23-17-11-5/h43-66H,7-42,67-72H2,1-6H3. The number of benzene rings is 7. The first-order valence-electron chi connectivity index (χ1n) is 45.5. The Morgan fingerprint density at radius 1 is 0.195 bits per heavy atom. The average Bonchev–Trinajstić information content (AvgIpc) is 1.54. The van der Waals surface area contributed by atoms with Gasteiger partial charge >= 0.3 is 35.8 Å². The fourth-order valence-corrected chi connectivity index (χ4v) is 17.8. The Morgan fingerprint density at radius 2 is 0.341 bits per heavy atom. The van der Waals surface area contributed by atoms with Crippen LogP contribution in [-0.2, 0) is 0 Å². The predicted molar refractivity (Wildman–Crippen MR) is 494 cm³/mol. The molecule has 0 fully saturated rings. The molecule has 3 heterocycles. The zero-order chi connectivity index (χ0) is 86.6. The summed E-state index contributed by atoms with van der Waals surface area (Å²) in [6, 6.07) is 39.2. The first kappa shape index (κ1) is 95.3. The number of unbranched alkanes of at least 4 members (excludes halogenated alkanes) is 30. The van der Waals surface area contributed by atoms with Crippen LogP contribution in [0, 0.1) is 0 Å². The Kier molecular flexibility index (Phi) is 41.3. The largest absolute Gasteiger partial charge is 0.494 e. The van der Waals surface area contributed by atoms with Crippen LogP contribution in [0.2, 0.25) is 0 Å². The lowest BCUT2D eigenvalue weighted by molar-refractivity contribution is 0.0690. The van der Waals surface area contributed by atoms with E-state index in [9.17, 15) is 0 Å². The lowest BCUT2D eigenvalue weighted by Crippen LogP contribution is -2.12.